The number of pyridine rings is 1. The summed E-state index contributed by atoms with van der Waals surface area (Å²) in [6.45, 7) is 3.96. The highest BCUT2D eigenvalue weighted by Gasteiger charge is 2.17. The van der Waals surface area contributed by atoms with E-state index in [2.05, 4.69) is 11.1 Å². The van der Waals surface area contributed by atoms with Crippen LogP contribution in [0.15, 0.2) is 18.2 Å². The minimum absolute atomic E-state index is 0.252. The summed E-state index contributed by atoms with van der Waals surface area (Å²) in [5, 5.41) is 9.47. The first-order valence-electron chi connectivity index (χ1n) is 6.98. The fraction of sp³-hybridized carbons (Fsp3) is 0.294. The van der Waals surface area contributed by atoms with E-state index < -0.39 is 0 Å². The third-order valence-corrected chi connectivity index (χ3v) is 3.66. The highest BCUT2D eigenvalue weighted by molar-refractivity contribution is 5.80. The Morgan fingerprint density at radius 3 is 2.23 bits per heavy atom. The van der Waals surface area contributed by atoms with Crippen LogP contribution >= 0.6 is 0 Å². The summed E-state index contributed by atoms with van der Waals surface area (Å²) in [6, 6.07) is 7.68. The van der Waals surface area contributed by atoms with Gasteiger partial charge in [-0.05, 0) is 36.6 Å². The molecule has 0 atom stereocenters. The van der Waals surface area contributed by atoms with E-state index in [0.717, 1.165) is 28.8 Å². The molecule has 22 heavy (non-hydrogen) atoms. The van der Waals surface area contributed by atoms with Crippen LogP contribution in [-0.4, -0.2) is 19.2 Å². The molecule has 1 aromatic carbocycles. The van der Waals surface area contributed by atoms with Gasteiger partial charge < -0.3 is 15.2 Å². The SMILES string of the molecule is CCc1nc(N)c(C#N)c(-c2cc(OC)cc(OC)c2)c1C. The highest BCUT2D eigenvalue weighted by Crippen LogP contribution is 2.36. The molecule has 0 bridgehead atoms. The lowest BCUT2D eigenvalue weighted by molar-refractivity contribution is 0.394. The van der Waals surface area contributed by atoms with Crippen molar-refractivity contribution in [2.75, 3.05) is 20.0 Å². The Morgan fingerprint density at radius 1 is 1.18 bits per heavy atom. The van der Waals surface area contributed by atoms with E-state index in [9.17, 15) is 5.26 Å². The van der Waals surface area contributed by atoms with Crippen molar-refractivity contribution in [3.63, 3.8) is 0 Å². The van der Waals surface area contributed by atoms with E-state index in [1.807, 2.05) is 26.0 Å². The van der Waals surface area contributed by atoms with Crippen molar-refractivity contribution in [3.8, 4) is 28.7 Å². The Bertz CT molecular complexity index is 726. The monoisotopic (exact) mass is 297 g/mol. The molecule has 0 amide bonds. The van der Waals surface area contributed by atoms with Crippen LogP contribution in [0, 0.1) is 18.3 Å². The van der Waals surface area contributed by atoms with E-state index in [1.165, 1.54) is 0 Å². The number of nitrogens with zero attached hydrogens (tertiary/aromatic N) is 2. The number of hydrogen-bond donors (Lipinski definition) is 1. The van der Waals surface area contributed by atoms with E-state index in [-0.39, 0.29) is 5.82 Å². The molecule has 0 aliphatic rings. The number of aromatic nitrogens is 1. The molecule has 2 N–H and O–H groups in total. The third-order valence-electron chi connectivity index (χ3n) is 3.66. The molecule has 0 fully saturated rings. The van der Waals surface area contributed by atoms with E-state index in [1.54, 1.807) is 20.3 Å². The molecule has 114 valence electrons. The molecule has 1 heterocycles. The van der Waals surface area contributed by atoms with Gasteiger partial charge in [0.2, 0.25) is 0 Å². The van der Waals surface area contributed by atoms with Crippen molar-refractivity contribution in [2.24, 2.45) is 0 Å². The average Bonchev–Trinajstić information content (AvgIpc) is 2.55. The quantitative estimate of drug-likeness (QED) is 0.937. The maximum Gasteiger partial charge on any atom is 0.142 e. The van der Waals surface area contributed by atoms with E-state index >= 15 is 0 Å². The molecule has 5 heteroatoms. The molecule has 5 nitrogen and oxygen atoms in total. The van der Waals surface area contributed by atoms with Crippen LogP contribution in [0.3, 0.4) is 0 Å². The second kappa shape index (κ2) is 6.35. The molecule has 0 unspecified atom stereocenters. The first-order chi connectivity index (χ1) is 10.5. The lowest BCUT2D eigenvalue weighted by atomic mass is 9.94. The average molecular weight is 297 g/mol. The van der Waals surface area contributed by atoms with Gasteiger partial charge in [-0.15, -0.1) is 0 Å². The fourth-order valence-corrected chi connectivity index (χ4v) is 2.52. The van der Waals surface area contributed by atoms with Crippen LogP contribution in [0.25, 0.3) is 11.1 Å². The predicted molar refractivity (Wildman–Crippen MR) is 86.0 cm³/mol. The van der Waals surface area contributed by atoms with Gasteiger partial charge in [-0.2, -0.15) is 5.26 Å². The van der Waals surface area contributed by atoms with Crippen LogP contribution in [0.4, 0.5) is 5.82 Å². The fourth-order valence-electron chi connectivity index (χ4n) is 2.52. The normalized spacial score (nSPS) is 10.1. The number of nitriles is 1. The number of nitrogens with two attached hydrogens (primary N) is 1. The minimum Gasteiger partial charge on any atom is -0.497 e. The van der Waals surface area contributed by atoms with Crippen LogP contribution in [0.5, 0.6) is 11.5 Å². The summed E-state index contributed by atoms with van der Waals surface area (Å²) in [5.41, 5.74) is 9.78. The van der Waals surface area contributed by atoms with Gasteiger partial charge in [-0.3, -0.25) is 0 Å². The number of nitrogen functional groups attached to an aromatic ring is 1. The summed E-state index contributed by atoms with van der Waals surface area (Å²) in [6.07, 6.45) is 0.746. The summed E-state index contributed by atoms with van der Waals surface area (Å²) in [7, 11) is 3.18. The molecule has 0 aliphatic heterocycles. The van der Waals surface area contributed by atoms with E-state index in [4.69, 9.17) is 15.2 Å². The molecule has 0 aliphatic carbocycles. The Morgan fingerprint density at radius 2 is 1.77 bits per heavy atom. The second-order valence-corrected chi connectivity index (χ2v) is 4.89. The van der Waals surface area contributed by atoms with Gasteiger partial charge in [0.15, 0.2) is 0 Å². The topological polar surface area (TPSA) is 81.2 Å². The Balaban J connectivity index is 2.81. The van der Waals surface area contributed by atoms with Gasteiger partial charge in [0, 0.05) is 17.3 Å². The summed E-state index contributed by atoms with van der Waals surface area (Å²) in [4.78, 5) is 4.33. The standard InChI is InChI=1S/C17H19N3O2/c1-5-15-10(2)16(14(9-18)17(19)20-15)11-6-12(21-3)8-13(7-11)22-4/h6-8H,5H2,1-4H3,(H2,19,20). The predicted octanol–water partition coefficient (Wildman–Crippen LogP) is 3.09. The molecule has 0 radical (unpaired) electrons. The van der Waals surface area contributed by atoms with Crippen molar-refractivity contribution in [1.82, 2.24) is 4.98 Å². The first kappa shape index (κ1) is 15.6. The van der Waals surface area contributed by atoms with Crippen molar-refractivity contribution < 1.29 is 9.47 Å². The minimum atomic E-state index is 0.252. The largest absolute Gasteiger partial charge is 0.497 e. The zero-order chi connectivity index (χ0) is 16.3. The van der Waals surface area contributed by atoms with E-state index in [0.29, 0.717) is 17.1 Å². The number of rotatable bonds is 4. The summed E-state index contributed by atoms with van der Waals surface area (Å²) < 4.78 is 10.6. The zero-order valence-corrected chi connectivity index (χ0v) is 13.2. The number of aryl methyl sites for hydroxylation is 1. The maximum absolute atomic E-state index is 9.47. The van der Waals surface area contributed by atoms with Gasteiger partial charge in [0.1, 0.15) is 28.9 Å². The lowest BCUT2D eigenvalue weighted by Gasteiger charge is -2.15. The van der Waals surface area contributed by atoms with Crippen molar-refractivity contribution in [1.29, 1.82) is 5.26 Å². The molecule has 2 rings (SSSR count). The Hall–Kier alpha value is -2.74. The van der Waals surface area contributed by atoms with Gasteiger partial charge >= 0.3 is 0 Å². The third kappa shape index (κ3) is 2.68. The molecule has 0 saturated carbocycles. The smallest absolute Gasteiger partial charge is 0.142 e. The number of ether oxygens (including phenoxy) is 2. The van der Waals surface area contributed by atoms with Crippen molar-refractivity contribution >= 4 is 5.82 Å². The number of benzene rings is 1. The Kier molecular flexibility index (Phi) is 4.52. The van der Waals surface area contributed by atoms with Gasteiger partial charge in [0.05, 0.1) is 14.2 Å². The molecular formula is C17H19N3O2. The van der Waals surface area contributed by atoms with Crippen LogP contribution in [0.2, 0.25) is 0 Å². The maximum atomic E-state index is 9.47. The molecule has 2 aromatic rings. The highest BCUT2D eigenvalue weighted by atomic mass is 16.5. The molecule has 0 spiro atoms. The lowest BCUT2D eigenvalue weighted by Crippen LogP contribution is -2.05. The second-order valence-electron chi connectivity index (χ2n) is 4.89. The zero-order valence-electron chi connectivity index (χ0n) is 13.2. The Labute approximate surface area is 130 Å². The van der Waals surface area contributed by atoms with Gasteiger partial charge in [-0.1, -0.05) is 6.92 Å². The molecule has 0 saturated heterocycles. The number of hydrogen-bond acceptors (Lipinski definition) is 5. The van der Waals surface area contributed by atoms with Crippen LogP contribution in [-0.2, 0) is 6.42 Å². The molecule has 1 aromatic heterocycles. The number of anilines is 1. The van der Waals surface area contributed by atoms with Crippen LogP contribution < -0.4 is 15.2 Å². The van der Waals surface area contributed by atoms with Crippen molar-refractivity contribution in [2.45, 2.75) is 20.3 Å². The van der Waals surface area contributed by atoms with Gasteiger partial charge in [0.25, 0.3) is 0 Å². The molecular weight excluding hydrogens is 278 g/mol. The summed E-state index contributed by atoms with van der Waals surface area (Å²) in [5.74, 6) is 1.57. The van der Waals surface area contributed by atoms with Crippen molar-refractivity contribution in [3.05, 3.63) is 35.0 Å². The first-order valence-corrected chi connectivity index (χ1v) is 6.98. The number of methoxy groups -OCH3 is 2. The van der Waals surface area contributed by atoms with Crippen LogP contribution in [0.1, 0.15) is 23.7 Å². The van der Waals surface area contributed by atoms with Gasteiger partial charge in [-0.25, -0.2) is 4.98 Å². The summed E-state index contributed by atoms with van der Waals surface area (Å²) >= 11 is 0.